The Morgan fingerprint density at radius 3 is 2.75 bits per heavy atom. The van der Waals surface area contributed by atoms with Gasteiger partial charge in [0.25, 0.3) is 0 Å². The molecule has 3 rings (SSSR count). The average molecular weight is 370 g/mol. The van der Waals surface area contributed by atoms with Gasteiger partial charge in [0.1, 0.15) is 10.6 Å². The highest BCUT2D eigenvalue weighted by Crippen LogP contribution is 2.32. The lowest BCUT2D eigenvalue weighted by Crippen LogP contribution is -2.48. The first-order chi connectivity index (χ1) is 11.1. The number of halogens is 1. The summed E-state index contributed by atoms with van der Waals surface area (Å²) in [5, 5.41) is 3.25. The molecule has 24 heavy (non-hydrogen) atoms. The lowest BCUT2D eigenvalue weighted by atomic mass is 10.1. The molecule has 2 heterocycles. The first-order valence-electron chi connectivity index (χ1n) is 7.40. The van der Waals surface area contributed by atoms with Crippen LogP contribution in [-0.2, 0) is 10.0 Å². The average Bonchev–Trinajstić information content (AvgIpc) is 2.62. The molecule has 1 aliphatic rings. The summed E-state index contributed by atoms with van der Waals surface area (Å²) in [5.74, 6) is 0.357. The molecule has 1 unspecified atom stereocenters. The molecule has 1 saturated heterocycles. The molecule has 1 fully saturated rings. The first-order valence-corrected chi connectivity index (χ1v) is 8.84. The van der Waals surface area contributed by atoms with Crippen LogP contribution >= 0.6 is 12.4 Å². The number of hydrogen-bond donors (Lipinski definition) is 1. The van der Waals surface area contributed by atoms with Crippen LogP contribution < -0.4 is 10.1 Å². The highest BCUT2D eigenvalue weighted by Gasteiger charge is 2.35. The number of rotatable bonds is 4. The Labute approximate surface area is 148 Å². The largest absolute Gasteiger partial charge is 0.495 e. The SMILES string of the molecule is COc1ccccc1S(=O)(=O)N1CCNCC1c1cccnc1.Cl. The van der Waals surface area contributed by atoms with E-state index in [0.29, 0.717) is 25.4 Å². The zero-order valence-corrected chi connectivity index (χ0v) is 14.9. The van der Waals surface area contributed by atoms with Gasteiger partial charge in [0.2, 0.25) is 10.0 Å². The number of para-hydroxylation sites is 1. The van der Waals surface area contributed by atoms with Crippen LogP contribution in [0.5, 0.6) is 5.75 Å². The third-order valence-corrected chi connectivity index (χ3v) is 5.87. The van der Waals surface area contributed by atoms with Gasteiger partial charge in [-0.3, -0.25) is 4.98 Å². The van der Waals surface area contributed by atoms with Crippen molar-refractivity contribution in [2.45, 2.75) is 10.9 Å². The molecule has 0 bridgehead atoms. The van der Waals surface area contributed by atoms with Crippen molar-refractivity contribution >= 4 is 22.4 Å². The van der Waals surface area contributed by atoms with Crippen LogP contribution in [-0.4, -0.2) is 44.5 Å². The number of nitrogens with one attached hydrogen (secondary N) is 1. The summed E-state index contributed by atoms with van der Waals surface area (Å²) in [6, 6.07) is 10.1. The third-order valence-electron chi connectivity index (χ3n) is 3.92. The summed E-state index contributed by atoms with van der Waals surface area (Å²) in [6.07, 6.45) is 3.39. The van der Waals surface area contributed by atoms with Crippen LogP contribution in [0, 0.1) is 0 Å². The van der Waals surface area contributed by atoms with Gasteiger partial charge in [-0.25, -0.2) is 8.42 Å². The van der Waals surface area contributed by atoms with Gasteiger partial charge in [-0.2, -0.15) is 4.31 Å². The quantitative estimate of drug-likeness (QED) is 0.890. The van der Waals surface area contributed by atoms with E-state index in [0.717, 1.165) is 5.56 Å². The van der Waals surface area contributed by atoms with Gasteiger partial charge in [0.15, 0.2) is 0 Å². The van der Waals surface area contributed by atoms with Crippen molar-refractivity contribution in [3.8, 4) is 5.75 Å². The van der Waals surface area contributed by atoms with E-state index >= 15 is 0 Å². The normalized spacial score (nSPS) is 18.6. The van der Waals surface area contributed by atoms with Gasteiger partial charge in [-0.1, -0.05) is 18.2 Å². The monoisotopic (exact) mass is 369 g/mol. The standard InChI is InChI=1S/C16H19N3O3S.ClH/c1-22-15-6-2-3-7-16(15)23(20,21)19-10-9-18-12-14(19)13-5-4-8-17-11-13;/h2-8,11,14,18H,9-10,12H2,1H3;1H. The maximum atomic E-state index is 13.1. The van der Waals surface area contributed by atoms with E-state index in [-0.39, 0.29) is 23.3 Å². The fourth-order valence-corrected chi connectivity index (χ4v) is 4.56. The number of benzene rings is 1. The highest BCUT2D eigenvalue weighted by atomic mass is 35.5. The summed E-state index contributed by atoms with van der Waals surface area (Å²) in [5.41, 5.74) is 0.873. The third kappa shape index (κ3) is 3.54. The fraction of sp³-hybridized carbons (Fsp3) is 0.312. The van der Waals surface area contributed by atoms with E-state index in [9.17, 15) is 8.42 Å². The van der Waals surface area contributed by atoms with Gasteiger partial charge in [-0.05, 0) is 23.8 Å². The van der Waals surface area contributed by atoms with Crippen molar-refractivity contribution < 1.29 is 13.2 Å². The Hall–Kier alpha value is -1.67. The molecular formula is C16H20ClN3O3S. The molecule has 0 saturated carbocycles. The lowest BCUT2D eigenvalue weighted by molar-refractivity contribution is 0.270. The molecule has 0 aliphatic carbocycles. The second-order valence-corrected chi connectivity index (χ2v) is 7.13. The van der Waals surface area contributed by atoms with Crippen molar-refractivity contribution in [1.82, 2.24) is 14.6 Å². The van der Waals surface area contributed by atoms with E-state index in [1.54, 1.807) is 36.7 Å². The topological polar surface area (TPSA) is 71.5 Å². The molecule has 1 N–H and O–H groups in total. The number of nitrogens with zero attached hydrogens (tertiary/aromatic N) is 2. The molecular weight excluding hydrogens is 350 g/mol. The van der Waals surface area contributed by atoms with E-state index in [1.807, 2.05) is 12.1 Å². The molecule has 0 amide bonds. The van der Waals surface area contributed by atoms with E-state index in [4.69, 9.17) is 4.74 Å². The fourth-order valence-electron chi connectivity index (χ4n) is 2.79. The molecule has 1 aliphatic heterocycles. The molecule has 1 aromatic heterocycles. The van der Waals surface area contributed by atoms with E-state index < -0.39 is 10.0 Å². The van der Waals surface area contributed by atoms with Crippen molar-refractivity contribution in [3.05, 3.63) is 54.4 Å². The summed E-state index contributed by atoms with van der Waals surface area (Å²) in [7, 11) is -2.18. The minimum atomic E-state index is -3.66. The molecule has 0 spiro atoms. The van der Waals surface area contributed by atoms with Crippen LogP contribution in [0.25, 0.3) is 0 Å². The van der Waals surface area contributed by atoms with Crippen LogP contribution in [0.3, 0.4) is 0 Å². The Morgan fingerprint density at radius 1 is 1.25 bits per heavy atom. The van der Waals surface area contributed by atoms with Gasteiger partial charge in [0.05, 0.1) is 13.2 Å². The first kappa shape index (κ1) is 18.7. The van der Waals surface area contributed by atoms with Gasteiger partial charge >= 0.3 is 0 Å². The van der Waals surface area contributed by atoms with Crippen LogP contribution in [0.1, 0.15) is 11.6 Å². The molecule has 1 aromatic carbocycles. The number of hydrogen-bond acceptors (Lipinski definition) is 5. The Morgan fingerprint density at radius 2 is 2.04 bits per heavy atom. The maximum Gasteiger partial charge on any atom is 0.247 e. The zero-order valence-electron chi connectivity index (χ0n) is 13.3. The maximum absolute atomic E-state index is 13.1. The summed E-state index contributed by atoms with van der Waals surface area (Å²) in [4.78, 5) is 4.30. The zero-order chi connectivity index (χ0) is 16.3. The smallest absolute Gasteiger partial charge is 0.247 e. The Kier molecular flexibility index (Phi) is 6.17. The summed E-state index contributed by atoms with van der Waals surface area (Å²) < 4.78 is 33.1. The summed E-state index contributed by atoms with van der Waals surface area (Å²) in [6.45, 7) is 1.57. The van der Waals surface area contributed by atoms with Crippen LogP contribution in [0.2, 0.25) is 0 Å². The lowest BCUT2D eigenvalue weighted by Gasteiger charge is -2.35. The summed E-state index contributed by atoms with van der Waals surface area (Å²) >= 11 is 0. The number of sulfonamides is 1. The number of pyridine rings is 1. The molecule has 130 valence electrons. The number of ether oxygens (including phenoxy) is 1. The van der Waals surface area contributed by atoms with Crippen LogP contribution in [0.4, 0.5) is 0 Å². The number of piperazine rings is 1. The number of aromatic nitrogens is 1. The molecule has 2 aromatic rings. The molecule has 0 radical (unpaired) electrons. The molecule has 6 nitrogen and oxygen atoms in total. The van der Waals surface area contributed by atoms with Crippen molar-refractivity contribution in [2.24, 2.45) is 0 Å². The van der Waals surface area contributed by atoms with Crippen molar-refractivity contribution in [2.75, 3.05) is 26.7 Å². The molecule has 1 atom stereocenters. The second-order valence-electron chi connectivity index (χ2n) is 5.27. The Balaban J connectivity index is 0.00000208. The van der Waals surface area contributed by atoms with Gasteiger partial charge in [0, 0.05) is 32.0 Å². The minimum Gasteiger partial charge on any atom is -0.495 e. The van der Waals surface area contributed by atoms with E-state index in [2.05, 4.69) is 10.3 Å². The van der Waals surface area contributed by atoms with E-state index in [1.165, 1.54) is 11.4 Å². The predicted molar refractivity (Wildman–Crippen MR) is 94.0 cm³/mol. The van der Waals surface area contributed by atoms with Crippen LogP contribution in [0.15, 0.2) is 53.7 Å². The second kappa shape index (κ2) is 7.94. The predicted octanol–water partition coefficient (Wildman–Crippen LogP) is 1.85. The Bertz CT molecular complexity index is 771. The van der Waals surface area contributed by atoms with Crippen molar-refractivity contribution in [1.29, 1.82) is 0 Å². The highest BCUT2D eigenvalue weighted by molar-refractivity contribution is 7.89. The number of methoxy groups -OCH3 is 1. The molecule has 8 heteroatoms. The van der Waals surface area contributed by atoms with Gasteiger partial charge in [-0.15, -0.1) is 12.4 Å². The van der Waals surface area contributed by atoms with Gasteiger partial charge < -0.3 is 10.1 Å². The minimum absolute atomic E-state index is 0. The van der Waals surface area contributed by atoms with Crippen molar-refractivity contribution in [3.63, 3.8) is 0 Å².